The largest absolute Gasteiger partial charge is 0.388 e. The highest BCUT2D eigenvalue weighted by atomic mass is 16.3. The quantitative estimate of drug-likeness (QED) is 0.747. The number of aliphatic hydroxyl groups excluding tert-OH is 1. The predicted molar refractivity (Wildman–Crippen MR) is 58.3 cm³/mol. The van der Waals surface area contributed by atoms with Crippen LogP contribution in [0.3, 0.4) is 0 Å². The first-order valence-corrected chi connectivity index (χ1v) is 5.15. The number of carbonyl (C=O) groups excluding carboxylic acids is 1. The summed E-state index contributed by atoms with van der Waals surface area (Å²) in [6.45, 7) is 3.75. The molecule has 1 N–H and O–H groups in total. The van der Waals surface area contributed by atoms with Gasteiger partial charge < -0.3 is 5.11 Å². The third kappa shape index (κ3) is 1.85. The highest BCUT2D eigenvalue weighted by molar-refractivity contribution is 5.97. The van der Waals surface area contributed by atoms with Gasteiger partial charge in [-0.15, -0.1) is 0 Å². The van der Waals surface area contributed by atoms with Crippen LogP contribution in [0.5, 0.6) is 0 Å². The zero-order chi connectivity index (χ0) is 10.8. The molecule has 2 nitrogen and oxygen atoms in total. The number of rotatable bonds is 2. The highest BCUT2D eigenvalue weighted by Crippen LogP contribution is 2.36. The van der Waals surface area contributed by atoms with Crippen LogP contribution in [0.1, 0.15) is 24.5 Å². The molecule has 0 heterocycles. The predicted octanol–water partition coefficient (Wildman–Crippen LogP) is 2.26. The Morgan fingerprint density at radius 3 is 2.53 bits per heavy atom. The van der Waals surface area contributed by atoms with Gasteiger partial charge in [-0.05, 0) is 17.6 Å². The molecule has 1 saturated carbocycles. The van der Waals surface area contributed by atoms with Crippen LogP contribution in [0.25, 0.3) is 0 Å². The van der Waals surface area contributed by atoms with Gasteiger partial charge in [0.15, 0.2) is 5.78 Å². The van der Waals surface area contributed by atoms with Crippen molar-refractivity contribution in [1.82, 2.24) is 0 Å². The molecule has 0 amide bonds. The third-order valence-corrected chi connectivity index (χ3v) is 3.01. The van der Waals surface area contributed by atoms with Crippen LogP contribution in [0.2, 0.25) is 0 Å². The molecular weight excluding hydrogens is 188 g/mol. The van der Waals surface area contributed by atoms with E-state index in [-0.39, 0.29) is 11.7 Å². The number of benzene rings is 1. The third-order valence-electron chi connectivity index (χ3n) is 3.01. The van der Waals surface area contributed by atoms with Crippen LogP contribution in [0, 0.1) is 5.92 Å². The maximum Gasteiger partial charge on any atom is 0.158 e. The summed E-state index contributed by atoms with van der Waals surface area (Å²) < 4.78 is 0. The highest BCUT2D eigenvalue weighted by Gasteiger charge is 2.32. The lowest BCUT2D eigenvalue weighted by Gasteiger charge is -2.18. The maximum atomic E-state index is 11.3. The Bertz CT molecular complexity index is 381. The number of hydrogen-bond donors (Lipinski definition) is 1. The van der Waals surface area contributed by atoms with Gasteiger partial charge in [-0.25, -0.2) is 0 Å². The lowest BCUT2D eigenvalue weighted by molar-refractivity contribution is -0.114. The summed E-state index contributed by atoms with van der Waals surface area (Å²) in [5, 5.41) is 10.1. The van der Waals surface area contributed by atoms with Gasteiger partial charge in [0.05, 0.1) is 6.10 Å². The average Bonchev–Trinajstić information content (AvgIpc) is 2.60. The van der Waals surface area contributed by atoms with E-state index < -0.39 is 6.10 Å². The fraction of sp³-hybridized carbons (Fsp3) is 0.308. The molecule has 0 saturated heterocycles. The maximum absolute atomic E-state index is 11.3. The first-order chi connectivity index (χ1) is 7.20. The molecule has 1 aliphatic carbocycles. The van der Waals surface area contributed by atoms with Crippen LogP contribution in [0.4, 0.5) is 0 Å². The van der Waals surface area contributed by atoms with Crippen LogP contribution in [-0.4, -0.2) is 10.9 Å². The van der Waals surface area contributed by atoms with Gasteiger partial charge in [-0.3, -0.25) is 4.79 Å². The van der Waals surface area contributed by atoms with E-state index in [0.717, 1.165) is 5.56 Å². The lowest BCUT2D eigenvalue weighted by atomic mass is 9.92. The molecule has 0 radical (unpaired) electrons. The van der Waals surface area contributed by atoms with Crippen LogP contribution in [0.15, 0.2) is 42.5 Å². The summed E-state index contributed by atoms with van der Waals surface area (Å²) in [4.78, 5) is 11.3. The monoisotopic (exact) mass is 202 g/mol. The molecule has 1 fully saturated rings. The Balaban J connectivity index is 2.19. The molecule has 0 unspecified atom stereocenters. The van der Waals surface area contributed by atoms with E-state index in [9.17, 15) is 9.90 Å². The second kappa shape index (κ2) is 3.99. The number of Topliss-reactive ketones (excluding diaryl/α,β-unsaturated/α-hetero) is 1. The molecule has 15 heavy (non-hydrogen) atoms. The molecule has 1 aliphatic rings. The standard InChI is InChI=1S/C13H14O2/c1-9-11(7-8-12(9)14)13(15)10-5-3-2-4-6-10/h2-6,11,13,15H,1,7-8H2/t11-,13-/m0/s1. The number of ketones is 1. The van der Waals surface area contributed by atoms with E-state index in [4.69, 9.17) is 0 Å². The van der Waals surface area contributed by atoms with E-state index in [2.05, 4.69) is 6.58 Å². The zero-order valence-electron chi connectivity index (χ0n) is 8.52. The van der Waals surface area contributed by atoms with Gasteiger partial charge in [0.2, 0.25) is 0 Å². The second-order valence-corrected chi connectivity index (χ2v) is 3.95. The smallest absolute Gasteiger partial charge is 0.158 e. The van der Waals surface area contributed by atoms with E-state index in [1.54, 1.807) is 0 Å². The molecule has 0 aromatic heterocycles. The van der Waals surface area contributed by atoms with Crippen LogP contribution in [-0.2, 0) is 4.79 Å². The normalized spacial score (nSPS) is 23.1. The second-order valence-electron chi connectivity index (χ2n) is 3.95. The van der Waals surface area contributed by atoms with E-state index in [1.807, 2.05) is 30.3 Å². The molecule has 1 aromatic rings. The zero-order valence-corrected chi connectivity index (χ0v) is 8.52. The molecule has 2 atom stereocenters. The molecule has 0 bridgehead atoms. The molecule has 2 heteroatoms. The van der Waals surface area contributed by atoms with Gasteiger partial charge in [-0.1, -0.05) is 36.9 Å². The Kier molecular flexibility index (Phi) is 2.69. The summed E-state index contributed by atoms with van der Waals surface area (Å²) in [5.41, 5.74) is 1.43. The van der Waals surface area contributed by atoms with Gasteiger partial charge in [0.1, 0.15) is 0 Å². The Hall–Kier alpha value is -1.41. The minimum atomic E-state index is -0.592. The Morgan fingerprint density at radius 2 is 2.00 bits per heavy atom. The molecule has 2 rings (SSSR count). The summed E-state index contributed by atoms with van der Waals surface area (Å²) in [5.74, 6) is -0.00474. The van der Waals surface area contributed by atoms with Crippen molar-refractivity contribution in [2.75, 3.05) is 0 Å². The average molecular weight is 202 g/mol. The summed E-state index contributed by atoms with van der Waals surface area (Å²) in [7, 11) is 0. The SMILES string of the molecule is C=C1C(=O)CC[C@@H]1[C@@H](O)c1ccccc1. The summed E-state index contributed by atoms with van der Waals surface area (Å²) in [6.07, 6.45) is 0.645. The van der Waals surface area contributed by atoms with Crippen LogP contribution >= 0.6 is 0 Å². The topological polar surface area (TPSA) is 37.3 Å². The van der Waals surface area contributed by atoms with E-state index >= 15 is 0 Å². The van der Waals surface area contributed by atoms with Crippen molar-refractivity contribution in [2.45, 2.75) is 18.9 Å². The van der Waals surface area contributed by atoms with Gasteiger partial charge in [-0.2, -0.15) is 0 Å². The molecule has 1 aromatic carbocycles. The first kappa shape index (κ1) is 10.1. The van der Waals surface area contributed by atoms with Crippen LogP contribution < -0.4 is 0 Å². The molecule has 0 spiro atoms. The number of carbonyl (C=O) groups is 1. The minimum Gasteiger partial charge on any atom is -0.388 e. The fourth-order valence-electron chi connectivity index (χ4n) is 2.06. The summed E-state index contributed by atoms with van der Waals surface area (Å²) >= 11 is 0. The van der Waals surface area contributed by atoms with Crippen molar-refractivity contribution in [3.05, 3.63) is 48.0 Å². The van der Waals surface area contributed by atoms with Crippen molar-refractivity contribution >= 4 is 5.78 Å². The van der Waals surface area contributed by atoms with E-state index in [0.29, 0.717) is 18.4 Å². The molecule has 78 valence electrons. The summed E-state index contributed by atoms with van der Waals surface area (Å²) in [6, 6.07) is 9.43. The number of aliphatic hydroxyl groups is 1. The van der Waals surface area contributed by atoms with Gasteiger partial charge in [0, 0.05) is 12.3 Å². The Morgan fingerprint density at radius 1 is 1.33 bits per heavy atom. The van der Waals surface area contributed by atoms with Crippen molar-refractivity contribution in [3.63, 3.8) is 0 Å². The first-order valence-electron chi connectivity index (χ1n) is 5.15. The van der Waals surface area contributed by atoms with Crippen molar-refractivity contribution in [2.24, 2.45) is 5.92 Å². The van der Waals surface area contributed by atoms with Gasteiger partial charge in [0.25, 0.3) is 0 Å². The van der Waals surface area contributed by atoms with Gasteiger partial charge >= 0.3 is 0 Å². The lowest BCUT2D eigenvalue weighted by Crippen LogP contribution is -2.11. The van der Waals surface area contributed by atoms with Crippen molar-refractivity contribution in [3.8, 4) is 0 Å². The van der Waals surface area contributed by atoms with E-state index in [1.165, 1.54) is 0 Å². The fourth-order valence-corrected chi connectivity index (χ4v) is 2.06. The minimum absolute atomic E-state index is 0.0926. The number of hydrogen-bond acceptors (Lipinski definition) is 2. The molecule has 0 aliphatic heterocycles. The Labute approximate surface area is 89.2 Å². The van der Waals surface area contributed by atoms with Crippen molar-refractivity contribution < 1.29 is 9.90 Å². The molecular formula is C13H14O2. The van der Waals surface area contributed by atoms with Crippen molar-refractivity contribution in [1.29, 1.82) is 0 Å².